The molecule has 0 bridgehead atoms. The van der Waals surface area contributed by atoms with Gasteiger partial charge in [0.2, 0.25) is 5.78 Å². The van der Waals surface area contributed by atoms with E-state index >= 15 is 0 Å². The molecular formula is C27H19NO6. The minimum Gasteiger partial charge on any atom is -0.506 e. The molecule has 34 heavy (non-hydrogen) atoms. The van der Waals surface area contributed by atoms with Crippen LogP contribution in [0.3, 0.4) is 0 Å². The molecule has 3 aromatic carbocycles. The molecule has 0 radical (unpaired) electrons. The molecule has 1 unspecified atom stereocenters. The highest BCUT2D eigenvalue weighted by molar-refractivity contribution is 6.20. The zero-order valence-electron chi connectivity index (χ0n) is 17.8. The molecular weight excluding hydrogens is 434 g/mol. The number of carbonyl (C=O) groups is 2. The summed E-state index contributed by atoms with van der Waals surface area (Å²) in [6.45, 7) is 0. The number of nitrogens with zero attached hydrogens (tertiary/aromatic N) is 1. The summed E-state index contributed by atoms with van der Waals surface area (Å²) in [5.41, 5.74) is 0.504. The Hall–Kier alpha value is -4.78. The van der Waals surface area contributed by atoms with Gasteiger partial charge in [0.05, 0.1) is 23.6 Å². The van der Waals surface area contributed by atoms with Gasteiger partial charge in [-0.25, -0.2) is 0 Å². The Labute approximate surface area is 194 Å². The summed E-state index contributed by atoms with van der Waals surface area (Å²) in [5, 5.41) is 21.3. The van der Waals surface area contributed by atoms with Gasteiger partial charge in [-0.05, 0) is 54.1 Å². The predicted molar refractivity (Wildman–Crippen MR) is 124 cm³/mol. The number of rotatable bonds is 6. The molecule has 1 aliphatic rings. The number of benzene rings is 3. The van der Waals surface area contributed by atoms with Crippen molar-refractivity contribution in [1.29, 1.82) is 0 Å². The van der Waals surface area contributed by atoms with Crippen LogP contribution in [0.2, 0.25) is 0 Å². The number of hydrogen-bond acceptors (Lipinski definition) is 6. The summed E-state index contributed by atoms with van der Waals surface area (Å²) >= 11 is 0. The lowest BCUT2D eigenvalue weighted by Gasteiger charge is -2.27. The van der Waals surface area contributed by atoms with E-state index in [0.717, 1.165) is 0 Å². The minimum absolute atomic E-state index is 0.0184. The number of phenols is 1. The summed E-state index contributed by atoms with van der Waals surface area (Å²) in [6, 6.07) is 24.3. The summed E-state index contributed by atoms with van der Waals surface area (Å²) in [4.78, 5) is 27.7. The number of ether oxygens (including phenoxy) is 1. The molecule has 1 amide bonds. The third kappa shape index (κ3) is 3.69. The van der Waals surface area contributed by atoms with Gasteiger partial charge < -0.3 is 19.4 Å². The maximum absolute atomic E-state index is 13.3. The number of hydrogen-bond donors (Lipinski definition) is 2. The molecule has 2 heterocycles. The molecule has 1 aromatic heterocycles. The van der Waals surface area contributed by atoms with Crippen molar-refractivity contribution < 1.29 is 29.0 Å². The zero-order chi connectivity index (χ0) is 23.7. The van der Waals surface area contributed by atoms with Gasteiger partial charge in [-0.3, -0.25) is 14.5 Å². The number of aliphatic hydroxyl groups is 1. The Kier molecular flexibility index (Phi) is 5.35. The highest BCUT2D eigenvalue weighted by atomic mass is 16.5. The van der Waals surface area contributed by atoms with Crippen molar-refractivity contribution >= 4 is 17.4 Å². The Morgan fingerprint density at radius 1 is 0.853 bits per heavy atom. The number of anilines is 1. The van der Waals surface area contributed by atoms with E-state index in [-0.39, 0.29) is 22.8 Å². The normalized spacial score (nSPS) is 15.6. The summed E-state index contributed by atoms with van der Waals surface area (Å²) in [5.74, 6) is -1.24. The standard InChI is InChI=1S/C27H19NO6/c29-21-13-5-4-12-20(21)28-24(23(26(31)27(28)32)25(30)22-14-7-15-33-22)17-8-6-11-19(16-17)34-18-9-2-1-3-10-18/h1-16,24,29,31H. The molecule has 7 heteroatoms. The van der Waals surface area contributed by atoms with E-state index < -0.39 is 23.5 Å². The van der Waals surface area contributed by atoms with Crippen molar-refractivity contribution in [2.24, 2.45) is 0 Å². The lowest BCUT2D eigenvalue weighted by Crippen LogP contribution is -2.31. The molecule has 7 nitrogen and oxygen atoms in total. The molecule has 2 N–H and O–H groups in total. The largest absolute Gasteiger partial charge is 0.506 e. The van der Waals surface area contributed by atoms with E-state index in [1.807, 2.05) is 18.2 Å². The van der Waals surface area contributed by atoms with E-state index in [1.165, 1.54) is 29.4 Å². The van der Waals surface area contributed by atoms with Gasteiger partial charge in [0.15, 0.2) is 11.5 Å². The second-order valence-electron chi connectivity index (χ2n) is 7.62. The Balaban J connectivity index is 1.63. The smallest absolute Gasteiger partial charge is 0.294 e. The van der Waals surface area contributed by atoms with E-state index in [1.54, 1.807) is 54.6 Å². The zero-order valence-corrected chi connectivity index (χ0v) is 17.8. The van der Waals surface area contributed by atoms with Crippen LogP contribution >= 0.6 is 0 Å². The van der Waals surface area contributed by atoms with Crippen LogP contribution in [0.25, 0.3) is 0 Å². The van der Waals surface area contributed by atoms with Crippen molar-refractivity contribution in [3.8, 4) is 17.2 Å². The lowest BCUT2D eigenvalue weighted by atomic mass is 9.94. The molecule has 0 saturated carbocycles. The first-order chi connectivity index (χ1) is 16.5. The molecule has 0 saturated heterocycles. The van der Waals surface area contributed by atoms with Crippen molar-refractivity contribution in [2.45, 2.75) is 6.04 Å². The third-order valence-corrected chi connectivity index (χ3v) is 5.49. The fourth-order valence-corrected chi connectivity index (χ4v) is 3.98. The highest BCUT2D eigenvalue weighted by Gasteiger charge is 2.46. The second-order valence-corrected chi connectivity index (χ2v) is 7.62. The fraction of sp³-hybridized carbons (Fsp3) is 0.0370. The third-order valence-electron chi connectivity index (χ3n) is 5.49. The maximum atomic E-state index is 13.3. The van der Waals surface area contributed by atoms with Gasteiger partial charge in [-0.1, -0.05) is 42.5 Å². The number of Topliss-reactive ketones (excluding diaryl/α,β-unsaturated/α-hetero) is 1. The number of aliphatic hydroxyl groups excluding tert-OH is 1. The van der Waals surface area contributed by atoms with E-state index in [0.29, 0.717) is 17.1 Å². The lowest BCUT2D eigenvalue weighted by molar-refractivity contribution is -0.117. The van der Waals surface area contributed by atoms with E-state index in [9.17, 15) is 19.8 Å². The van der Waals surface area contributed by atoms with Gasteiger partial charge in [-0.2, -0.15) is 0 Å². The average molecular weight is 453 g/mol. The van der Waals surface area contributed by atoms with Crippen LogP contribution in [0.15, 0.2) is 113 Å². The van der Waals surface area contributed by atoms with Crippen LogP contribution in [0.5, 0.6) is 17.2 Å². The fourth-order valence-electron chi connectivity index (χ4n) is 3.98. The molecule has 168 valence electrons. The number of carbonyl (C=O) groups excluding carboxylic acids is 2. The van der Waals surface area contributed by atoms with Gasteiger partial charge in [0, 0.05) is 0 Å². The van der Waals surface area contributed by atoms with Crippen LogP contribution in [0.1, 0.15) is 22.2 Å². The summed E-state index contributed by atoms with van der Waals surface area (Å²) in [7, 11) is 0. The van der Waals surface area contributed by atoms with Crippen LogP contribution in [-0.2, 0) is 4.79 Å². The summed E-state index contributed by atoms with van der Waals surface area (Å²) < 4.78 is 11.2. The van der Waals surface area contributed by atoms with Crippen molar-refractivity contribution in [3.05, 3.63) is 120 Å². The Bertz CT molecular complexity index is 1390. The van der Waals surface area contributed by atoms with E-state index in [4.69, 9.17) is 9.15 Å². The van der Waals surface area contributed by atoms with Crippen LogP contribution < -0.4 is 9.64 Å². The quantitative estimate of drug-likeness (QED) is 0.371. The number of phenolic OH excluding ortho intramolecular Hbond substituents is 1. The van der Waals surface area contributed by atoms with Crippen molar-refractivity contribution in [2.75, 3.05) is 4.90 Å². The monoisotopic (exact) mass is 453 g/mol. The number of amides is 1. The van der Waals surface area contributed by atoms with E-state index in [2.05, 4.69) is 0 Å². The number of ketones is 1. The number of para-hydroxylation sites is 3. The first-order valence-corrected chi connectivity index (χ1v) is 10.5. The first-order valence-electron chi connectivity index (χ1n) is 10.5. The molecule has 4 aromatic rings. The first kappa shape index (κ1) is 21.1. The van der Waals surface area contributed by atoms with Gasteiger partial charge >= 0.3 is 0 Å². The van der Waals surface area contributed by atoms with Crippen LogP contribution in [0, 0.1) is 0 Å². The summed E-state index contributed by atoms with van der Waals surface area (Å²) in [6.07, 6.45) is 1.34. The number of furan rings is 1. The molecule has 1 aliphatic heterocycles. The second kappa shape index (κ2) is 8.63. The molecule has 0 fully saturated rings. The van der Waals surface area contributed by atoms with Gasteiger partial charge in [0.1, 0.15) is 17.2 Å². The average Bonchev–Trinajstić information content (AvgIpc) is 3.48. The van der Waals surface area contributed by atoms with Gasteiger partial charge in [0.25, 0.3) is 5.91 Å². The Morgan fingerprint density at radius 2 is 1.59 bits per heavy atom. The molecule has 5 rings (SSSR count). The SMILES string of the molecule is O=C(C1=C(O)C(=O)N(c2ccccc2O)C1c1cccc(Oc2ccccc2)c1)c1ccco1. The molecule has 1 atom stereocenters. The van der Waals surface area contributed by atoms with Crippen LogP contribution in [-0.4, -0.2) is 21.9 Å². The van der Waals surface area contributed by atoms with Crippen LogP contribution in [0.4, 0.5) is 5.69 Å². The molecule has 0 aliphatic carbocycles. The maximum Gasteiger partial charge on any atom is 0.294 e. The van der Waals surface area contributed by atoms with Crippen molar-refractivity contribution in [3.63, 3.8) is 0 Å². The number of aromatic hydroxyl groups is 1. The van der Waals surface area contributed by atoms with Crippen molar-refractivity contribution in [1.82, 2.24) is 0 Å². The van der Waals surface area contributed by atoms with Gasteiger partial charge in [-0.15, -0.1) is 0 Å². The topological polar surface area (TPSA) is 100 Å². The molecule has 0 spiro atoms. The Morgan fingerprint density at radius 3 is 2.32 bits per heavy atom. The predicted octanol–water partition coefficient (Wildman–Crippen LogP) is 5.56. The minimum atomic E-state index is -1.03. The highest BCUT2D eigenvalue weighted by Crippen LogP contribution is 2.45.